The molecule has 0 aromatic heterocycles. The number of hydrogen-bond donors (Lipinski definition) is 0. The van der Waals surface area contributed by atoms with Crippen molar-refractivity contribution in [3.05, 3.63) is 47.4 Å². The lowest BCUT2D eigenvalue weighted by Gasteiger charge is -2.10. The van der Waals surface area contributed by atoms with Gasteiger partial charge in [-0.15, -0.1) is 11.8 Å². The zero-order valence-corrected chi connectivity index (χ0v) is 9.97. The van der Waals surface area contributed by atoms with Gasteiger partial charge < -0.3 is 0 Å². The van der Waals surface area contributed by atoms with Crippen molar-refractivity contribution in [2.24, 2.45) is 5.41 Å². The van der Waals surface area contributed by atoms with Crippen molar-refractivity contribution >= 4 is 11.8 Å². The van der Waals surface area contributed by atoms with Crippen LogP contribution in [0.1, 0.15) is 26.3 Å². The van der Waals surface area contributed by atoms with Gasteiger partial charge in [0.25, 0.3) is 0 Å². The summed E-state index contributed by atoms with van der Waals surface area (Å²) in [6, 6.07) is 10.6. The molecule has 0 saturated carbocycles. The second-order valence-corrected chi connectivity index (χ2v) is 5.36. The Bertz CT molecular complexity index is 280. The summed E-state index contributed by atoms with van der Waals surface area (Å²) < 4.78 is 0. The van der Waals surface area contributed by atoms with Crippen molar-refractivity contribution in [3.63, 3.8) is 0 Å². The van der Waals surface area contributed by atoms with Gasteiger partial charge in [-0.3, -0.25) is 0 Å². The Labute approximate surface area is 91.4 Å². The molecular formula is C13H18S. The van der Waals surface area contributed by atoms with E-state index in [2.05, 4.69) is 62.6 Å². The highest BCUT2D eigenvalue weighted by Crippen LogP contribution is 2.19. The average molecular weight is 206 g/mol. The van der Waals surface area contributed by atoms with Crippen LogP contribution in [0.4, 0.5) is 0 Å². The maximum atomic E-state index is 2.25. The van der Waals surface area contributed by atoms with Crippen LogP contribution < -0.4 is 0 Å². The number of thioether (sulfide) groups is 1. The van der Waals surface area contributed by atoms with Gasteiger partial charge in [0.1, 0.15) is 0 Å². The van der Waals surface area contributed by atoms with Gasteiger partial charge in [0.05, 0.1) is 0 Å². The first-order valence-corrected chi connectivity index (χ1v) is 5.96. The molecular weight excluding hydrogens is 188 g/mol. The molecule has 0 unspecified atom stereocenters. The number of hydrogen-bond acceptors (Lipinski definition) is 1. The van der Waals surface area contributed by atoms with E-state index in [1.165, 1.54) is 5.56 Å². The molecule has 1 aromatic rings. The lowest BCUT2D eigenvalue weighted by atomic mass is 9.98. The molecule has 0 nitrogen and oxygen atoms in total. The summed E-state index contributed by atoms with van der Waals surface area (Å²) in [6.07, 6.45) is 2.25. The Morgan fingerprint density at radius 3 is 2.36 bits per heavy atom. The molecule has 0 aliphatic rings. The molecule has 0 bridgehead atoms. The van der Waals surface area contributed by atoms with E-state index in [1.807, 2.05) is 11.8 Å². The second-order valence-electron chi connectivity index (χ2n) is 4.47. The zero-order valence-electron chi connectivity index (χ0n) is 9.16. The summed E-state index contributed by atoms with van der Waals surface area (Å²) in [4.78, 5) is 0. The van der Waals surface area contributed by atoms with Crippen LogP contribution in [0.5, 0.6) is 0 Å². The van der Waals surface area contributed by atoms with E-state index < -0.39 is 0 Å². The standard InChI is InChI=1S/C13H18S/c1-13(2,3)9-10-14-11-12-7-5-4-6-8-12/h4-10H,11H2,1-3H3/b10-9+. The molecule has 0 radical (unpaired) electrons. The molecule has 0 saturated heterocycles. The minimum Gasteiger partial charge on any atom is -0.130 e. The van der Waals surface area contributed by atoms with Crippen molar-refractivity contribution in [3.8, 4) is 0 Å². The zero-order chi connectivity index (χ0) is 10.4. The fourth-order valence-corrected chi connectivity index (χ4v) is 1.96. The van der Waals surface area contributed by atoms with Gasteiger partial charge in [-0.05, 0) is 16.4 Å². The van der Waals surface area contributed by atoms with Crippen molar-refractivity contribution < 1.29 is 0 Å². The third kappa shape index (κ3) is 5.13. The SMILES string of the molecule is CC(C)(C)/C=C/SCc1ccccc1. The Hall–Kier alpha value is -0.690. The highest BCUT2D eigenvalue weighted by atomic mass is 32.2. The van der Waals surface area contributed by atoms with E-state index in [0.29, 0.717) is 5.41 Å². The minimum atomic E-state index is 0.295. The van der Waals surface area contributed by atoms with Crippen molar-refractivity contribution in [1.82, 2.24) is 0 Å². The van der Waals surface area contributed by atoms with Crippen LogP contribution in [0.25, 0.3) is 0 Å². The normalized spacial score (nSPS) is 12.2. The van der Waals surface area contributed by atoms with E-state index >= 15 is 0 Å². The van der Waals surface area contributed by atoms with E-state index in [0.717, 1.165) is 5.75 Å². The van der Waals surface area contributed by atoms with E-state index in [1.54, 1.807) is 0 Å². The number of rotatable bonds is 3. The van der Waals surface area contributed by atoms with Crippen LogP contribution >= 0.6 is 11.8 Å². The van der Waals surface area contributed by atoms with Crippen LogP contribution in [-0.2, 0) is 5.75 Å². The quantitative estimate of drug-likeness (QED) is 0.702. The van der Waals surface area contributed by atoms with Crippen LogP contribution in [-0.4, -0.2) is 0 Å². The molecule has 0 atom stereocenters. The van der Waals surface area contributed by atoms with Crippen LogP contribution in [0.2, 0.25) is 0 Å². The largest absolute Gasteiger partial charge is 0.130 e. The van der Waals surface area contributed by atoms with E-state index in [-0.39, 0.29) is 0 Å². The fourth-order valence-electron chi connectivity index (χ4n) is 0.971. The topological polar surface area (TPSA) is 0 Å². The molecule has 0 N–H and O–H groups in total. The van der Waals surface area contributed by atoms with Crippen molar-refractivity contribution in [1.29, 1.82) is 0 Å². The first kappa shape index (κ1) is 11.4. The summed E-state index contributed by atoms with van der Waals surface area (Å²) >= 11 is 1.85. The van der Waals surface area contributed by atoms with Gasteiger partial charge in [0, 0.05) is 5.75 Å². The molecule has 0 amide bonds. The fraction of sp³-hybridized carbons (Fsp3) is 0.385. The smallest absolute Gasteiger partial charge is 0.0225 e. The number of benzene rings is 1. The summed E-state index contributed by atoms with van der Waals surface area (Å²) in [5.41, 5.74) is 1.68. The number of allylic oxidation sites excluding steroid dienone is 1. The van der Waals surface area contributed by atoms with Gasteiger partial charge >= 0.3 is 0 Å². The van der Waals surface area contributed by atoms with Crippen LogP contribution in [0.15, 0.2) is 41.8 Å². The summed E-state index contributed by atoms with van der Waals surface area (Å²) in [6.45, 7) is 6.64. The molecule has 14 heavy (non-hydrogen) atoms. The maximum absolute atomic E-state index is 2.25. The molecule has 0 aliphatic carbocycles. The predicted octanol–water partition coefficient (Wildman–Crippen LogP) is 4.48. The van der Waals surface area contributed by atoms with Gasteiger partial charge in [-0.2, -0.15) is 0 Å². The molecule has 1 heteroatoms. The van der Waals surface area contributed by atoms with Gasteiger partial charge in [-0.1, -0.05) is 57.2 Å². The molecule has 1 aromatic carbocycles. The molecule has 76 valence electrons. The lowest BCUT2D eigenvalue weighted by molar-refractivity contribution is 0.545. The summed E-state index contributed by atoms with van der Waals surface area (Å²) in [7, 11) is 0. The Morgan fingerprint density at radius 2 is 1.79 bits per heavy atom. The first-order valence-electron chi connectivity index (χ1n) is 4.91. The monoisotopic (exact) mass is 206 g/mol. The van der Waals surface area contributed by atoms with E-state index in [9.17, 15) is 0 Å². The van der Waals surface area contributed by atoms with E-state index in [4.69, 9.17) is 0 Å². The minimum absolute atomic E-state index is 0.295. The van der Waals surface area contributed by atoms with Gasteiger partial charge in [0.2, 0.25) is 0 Å². The van der Waals surface area contributed by atoms with Gasteiger partial charge in [-0.25, -0.2) is 0 Å². The Kier molecular flexibility index (Phi) is 4.27. The molecule has 0 spiro atoms. The Balaban J connectivity index is 2.33. The third-order valence-corrected chi connectivity index (χ3v) is 2.59. The summed E-state index contributed by atoms with van der Waals surface area (Å²) in [5, 5.41) is 2.20. The van der Waals surface area contributed by atoms with Crippen molar-refractivity contribution in [2.75, 3.05) is 0 Å². The highest BCUT2D eigenvalue weighted by Gasteiger charge is 2.02. The van der Waals surface area contributed by atoms with Crippen LogP contribution in [0, 0.1) is 5.41 Å². The third-order valence-electron chi connectivity index (χ3n) is 1.76. The highest BCUT2D eigenvalue weighted by molar-refractivity contribution is 8.01. The second kappa shape index (κ2) is 5.26. The first-order chi connectivity index (χ1) is 6.58. The molecule has 0 aliphatic heterocycles. The van der Waals surface area contributed by atoms with Crippen LogP contribution in [0.3, 0.4) is 0 Å². The molecule has 0 fully saturated rings. The molecule has 1 rings (SSSR count). The maximum Gasteiger partial charge on any atom is 0.0225 e. The molecule has 0 heterocycles. The predicted molar refractivity (Wildman–Crippen MR) is 66.3 cm³/mol. The van der Waals surface area contributed by atoms with Crippen molar-refractivity contribution in [2.45, 2.75) is 26.5 Å². The van der Waals surface area contributed by atoms with Gasteiger partial charge in [0.15, 0.2) is 0 Å². The Morgan fingerprint density at radius 1 is 1.14 bits per heavy atom. The lowest BCUT2D eigenvalue weighted by Crippen LogP contribution is -1.97. The summed E-state index contributed by atoms with van der Waals surface area (Å²) in [5.74, 6) is 1.06. The average Bonchev–Trinajstić information content (AvgIpc) is 2.13.